The number of anilines is 1. The number of rotatable bonds is 2. The Kier molecular flexibility index (Phi) is 3.05. The van der Waals surface area contributed by atoms with Crippen LogP contribution in [0.5, 0.6) is 17.2 Å². The molecule has 112 valence electrons. The molecule has 4 rings (SSSR count). The van der Waals surface area contributed by atoms with E-state index in [1.807, 2.05) is 66.7 Å². The Morgan fingerprint density at radius 3 is 2.04 bits per heavy atom. The molecule has 0 aliphatic rings. The molecule has 0 unspecified atom stereocenters. The second-order valence-corrected chi connectivity index (χ2v) is 5.47. The van der Waals surface area contributed by atoms with E-state index in [0.29, 0.717) is 17.2 Å². The Morgan fingerprint density at radius 2 is 1.35 bits per heavy atom. The molecule has 0 atom stereocenters. The van der Waals surface area contributed by atoms with E-state index in [0.717, 1.165) is 21.5 Å². The van der Waals surface area contributed by atoms with Gasteiger partial charge in [0.15, 0.2) is 5.75 Å². The van der Waals surface area contributed by atoms with Gasteiger partial charge in [-0.15, -0.1) is 0 Å². The van der Waals surface area contributed by atoms with Crippen LogP contribution in [-0.4, -0.2) is 5.11 Å². The fourth-order valence-corrected chi connectivity index (χ4v) is 2.79. The second-order valence-electron chi connectivity index (χ2n) is 5.47. The first kappa shape index (κ1) is 13.5. The highest BCUT2D eigenvalue weighted by molar-refractivity contribution is 6.07. The molecular weight excluding hydrogens is 286 g/mol. The van der Waals surface area contributed by atoms with E-state index in [1.54, 1.807) is 6.07 Å². The minimum Gasteiger partial charge on any atom is -0.507 e. The number of phenols is 1. The maximum absolute atomic E-state index is 10.4. The van der Waals surface area contributed by atoms with Gasteiger partial charge in [0.25, 0.3) is 0 Å². The van der Waals surface area contributed by atoms with E-state index in [-0.39, 0.29) is 5.75 Å². The minimum absolute atomic E-state index is 0.158. The van der Waals surface area contributed by atoms with Crippen LogP contribution in [0.2, 0.25) is 0 Å². The van der Waals surface area contributed by atoms with E-state index in [4.69, 9.17) is 10.5 Å². The molecule has 4 aromatic carbocycles. The van der Waals surface area contributed by atoms with Crippen LogP contribution in [0.15, 0.2) is 72.8 Å². The molecule has 0 heterocycles. The summed E-state index contributed by atoms with van der Waals surface area (Å²) in [6.07, 6.45) is 0. The van der Waals surface area contributed by atoms with Gasteiger partial charge in [-0.1, -0.05) is 42.5 Å². The summed E-state index contributed by atoms with van der Waals surface area (Å²) in [6, 6.07) is 22.9. The zero-order chi connectivity index (χ0) is 15.8. The Hall–Kier alpha value is -3.20. The molecule has 3 N–H and O–H groups in total. The van der Waals surface area contributed by atoms with Gasteiger partial charge < -0.3 is 15.6 Å². The van der Waals surface area contributed by atoms with Crippen LogP contribution in [0.3, 0.4) is 0 Å². The molecule has 0 spiro atoms. The van der Waals surface area contributed by atoms with Gasteiger partial charge in [0.05, 0.1) is 5.69 Å². The summed E-state index contributed by atoms with van der Waals surface area (Å²) in [4.78, 5) is 0. The van der Waals surface area contributed by atoms with Gasteiger partial charge in [0.2, 0.25) is 0 Å². The van der Waals surface area contributed by atoms with E-state index >= 15 is 0 Å². The van der Waals surface area contributed by atoms with E-state index < -0.39 is 0 Å². The van der Waals surface area contributed by atoms with Crippen LogP contribution in [0.4, 0.5) is 5.69 Å². The smallest absolute Gasteiger partial charge is 0.154 e. The molecule has 0 saturated heterocycles. The van der Waals surface area contributed by atoms with Gasteiger partial charge >= 0.3 is 0 Å². The molecule has 0 aliphatic heterocycles. The fourth-order valence-electron chi connectivity index (χ4n) is 2.79. The van der Waals surface area contributed by atoms with Gasteiger partial charge in [-0.2, -0.15) is 0 Å². The average molecular weight is 301 g/mol. The van der Waals surface area contributed by atoms with Gasteiger partial charge in [-0.25, -0.2) is 0 Å². The van der Waals surface area contributed by atoms with Crippen LogP contribution >= 0.6 is 0 Å². The van der Waals surface area contributed by atoms with Crippen molar-refractivity contribution in [3.8, 4) is 17.2 Å². The quantitative estimate of drug-likeness (QED) is 0.308. The predicted molar refractivity (Wildman–Crippen MR) is 94.0 cm³/mol. The van der Waals surface area contributed by atoms with Crippen LogP contribution in [0, 0.1) is 0 Å². The highest BCUT2D eigenvalue weighted by Gasteiger charge is 2.12. The summed E-state index contributed by atoms with van der Waals surface area (Å²) in [7, 11) is 0. The number of benzene rings is 4. The van der Waals surface area contributed by atoms with Crippen molar-refractivity contribution in [1.82, 2.24) is 0 Å². The van der Waals surface area contributed by atoms with E-state index in [2.05, 4.69) is 0 Å². The Morgan fingerprint density at radius 1 is 0.739 bits per heavy atom. The van der Waals surface area contributed by atoms with Crippen molar-refractivity contribution >= 4 is 27.2 Å². The molecule has 23 heavy (non-hydrogen) atoms. The van der Waals surface area contributed by atoms with Crippen LogP contribution in [0.1, 0.15) is 0 Å². The number of ether oxygens (including phenoxy) is 1. The van der Waals surface area contributed by atoms with Crippen molar-refractivity contribution in [2.75, 3.05) is 5.73 Å². The fraction of sp³-hybridized carbons (Fsp3) is 0. The molecule has 4 aromatic rings. The number of phenolic OH excluding ortho intramolecular Hbond substituents is 1. The zero-order valence-electron chi connectivity index (χ0n) is 12.4. The first-order chi connectivity index (χ1) is 11.2. The Balaban J connectivity index is 1.93. The topological polar surface area (TPSA) is 55.5 Å². The van der Waals surface area contributed by atoms with Crippen LogP contribution in [0.25, 0.3) is 21.5 Å². The maximum atomic E-state index is 10.4. The lowest BCUT2D eigenvalue weighted by molar-refractivity contribution is 0.461. The number of aromatic hydroxyl groups is 1. The average Bonchev–Trinajstić information content (AvgIpc) is 2.59. The van der Waals surface area contributed by atoms with Crippen molar-refractivity contribution in [3.63, 3.8) is 0 Å². The molecule has 0 radical (unpaired) electrons. The first-order valence-corrected chi connectivity index (χ1v) is 7.39. The van der Waals surface area contributed by atoms with Gasteiger partial charge in [0.1, 0.15) is 11.5 Å². The molecule has 0 aliphatic carbocycles. The molecule has 0 bridgehead atoms. The number of nitrogens with two attached hydrogens (primary N) is 1. The van der Waals surface area contributed by atoms with E-state index in [9.17, 15) is 5.11 Å². The van der Waals surface area contributed by atoms with Crippen molar-refractivity contribution in [3.05, 3.63) is 72.8 Å². The van der Waals surface area contributed by atoms with E-state index in [1.165, 1.54) is 0 Å². The minimum atomic E-state index is 0.158. The maximum Gasteiger partial charge on any atom is 0.154 e. The van der Waals surface area contributed by atoms with Gasteiger partial charge in [0, 0.05) is 16.8 Å². The largest absolute Gasteiger partial charge is 0.507 e. The molecular formula is C20H15NO2. The third-order valence-corrected chi connectivity index (χ3v) is 3.96. The van der Waals surface area contributed by atoms with Crippen molar-refractivity contribution in [2.45, 2.75) is 0 Å². The number of nitrogen functional groups attached to an aromatic ring is 1. The summed E-state index contributed by atoms with van der Waals surface area (Å²) in [6.45, 7) is 0. The van der Waals surface area contributed by atoms with Crippen LogP contribution < -0.4 is 10.5 Å². The lowest BCUT2D eigenvalue weighted by Gasteiger charge is -2.13. The van der Waals surface area contributed by atoms with Crippen molar-refractivity contribution in [2.24, 2.45) is 0 Å². The second kappa shape index (κ2) is 5.21. The third-order valence-electron chi connectivity index (χ3n) is 3.96. The lowest BCUT2D eigenvalue weighted by Crippen LogP contribution is -1.94. The molecule has 3 heteroatoms. The zero-order valence-corrected chi connectivity index (χ0v) is 12.4. The number of hydrogen-bond acceptors (Lipinski definition) is 3. The summed E-state index contributed by atoms with van der Waals surface area (Å²) < 4.78 is 5.83. The number of hydrogen-bond donors (Lipinski definition) is 2. The summed E-state index contributed by atoms with van der Waals surface area (Å²) in [5.41, 5.74) is 6.81. The normalized spacial score (nSPS) is 11.0. The molecule has 0 amide bonds. The molecule has 0 aromatic heterocycles. The summed E-state index contributed by atoms with van der Waals surface area (Å²) >= 11 is 0. The highest BCUT2D eigenvalue weighted by Crippen LogP contribution is 2.40. The number of fused-ring (bicyclic) bond motifs is 2. The lowest BCUT2D eigenvalue weighted by atomic mass is 10.0. The van der Waals surface area contributed by atoms with Gasteiger partial charge in [-0.3, -0.25) is 0 Å². The first-order valence-electron chi connectivity index (χ1n) is 7.39. The van der Waals surface area contributed by atoms with Crippen LogP contribution in [-0.2, 0) is 0 Å². The predicted octanol–water partition coefficient (Wildman–Crippen LogP) is 5.07. The third kappa shape index (κ3) is 2.32. The molecule has 0 fully saturated rings. The van der Waals surface area contributed by atoms with Crippen molar-refractivity contribution < 1.29 is 9.84 Å². The highest BCUT2D eigenvalue weighted by atomic mass is 16.5. The standard InChI is InChI=1S/C20H15NO2/c21-20-17-11-14-7-5-4-6-13(14)10-16(17)18(22)12-19(20)23-15-8-2-1-3-9-15/h1-12,22H,21H2. The number of para-hydroxylation sites is 1. The monoisotopic (exact) mass is 301 g/mol. The SMILES string of the molecule is Nc1c(Oc2ccccc2)cc(O)c2cc3ccccc3cc12. The summed E-state index contributed by atoms with van der Waals surface area (Å²) in [5, 5.41) is 14.0. The molecule has 3 nitrogen and oxygen atoms in total. The molecule has 0 saturated carbocycles. The summed E-state index contributed by atoms with van der Waals surface area (Å²) in [5.74, 6) is 1.29. The van der Waals surface area contributed by atoms with Gasteiger partial charge in [-0.05, 0) is 35.0 Å². The Labute approximate surface area is 133 Å². The Bertz CT molecular complexity index is 1010. The van der Waals surface area contributed by atoms with Crippen molar-refractivity contribution in [1.29, 1.82) is 0 Å².